The van der Waals surface area contributed by atoms with Gasteiger partial charge in [-0.05, 0) is 29.7 Å². The first-order chi connectivity index (χ1) is 17.3. The van der Waals surface area contributed by atoms with Crippen molar-refractivity contribution in [2.24, 2.45) is 12.1 Å². The molecule has 0 aliphatic rings. The SMILES string of the molecule is Cn1c(=O)[nH]c(=O)c2c1nc(SCC(=O)N/N=C/c1ccc([N+](=O)[O-])cc1)n2CCc1ccccc1. The van der Waals surface area contributed by atoms with Gasteiger partial charge in [-0.2, -0.15) is 5.10 Å². The van der Waals surface area contributed by atoms with Gasteiger partial charge in [0.2, 0.25) is 0 Å². The molecular formula is C23H21N7O5S. The lowest BCUT2D eigenvalue weighted by atomic mass is 10.1. The largest absolute Gasteiger partial charge is 0.329 e. The molecule has 0 unspecified atom stereocenters. The van der Waals surface area contributed by atoms with Crippen LogP contribution in [0.1, 0.15) is 11.1 Å². The van der Waals surface area contributed by atoms with Crippen LogP contribution in [0.15, 0.2) is 74.4 Å². The first-order valence-electron chi connectivity index (χ1n) is 10.8. The second-order valence-electron chi connectivity index (χ2n) is 7.70. The molecule has 36 heavy (non-hydrogen) atoms. The maximum absolute atomic E-state index is 12.6. The minimum absolute atomic E-state index is 0.0425. The fourth-order valence-electron chi connectivity index (χ4n) is 3.44. The van der Waals surface area contributed by atoms with Gasteiger partial charge in [-0.15, -0.1) is 0 Å². The number of amides is 1. The van der Waals surface area contributed by atoms with Gasteiger partial charge in [-0.25, -0.2) is 15.2 Å². The third-order valence-electron chi connectivity index (χ3n) is 5.28. The Morgan fingerprint density at radius 1 is 1.19 bits per heavy atom. The molecule has 2 N–H and O–H groups in total. The molecule has 12 nitrogen and oxygen atoms in total. The number of imidazole rings is 1. The maximum atomic E-state index is 12.6. The zero-order chi connectivity index (χ0) is 25.7. The number of aromatic amines is 1. The molecule has 0 aliphatic carbocycles. The van der Waals surface area contributed by atoms with Crippen LogP contribution in [-0.2, 0) is 24.8 Å². The molecule has 184 valence electrons. The highest BCUT2D eigenvalue weighted by Gasteiger charge is 2.18. The zero-order valence-electron chi connectivity index (χ0n) is 19.1. The summed E-state index contributed by atoms with van der Waals surface area (Å²) in [6.45, 7) is 0.421. The topological polar surface area (TPSA) is 157 Å². The van der Waals surface area contributed by atoms with Crippen molar-refractivity contribution in [2.75, 3.05) is 5.75 Å². The van der Waals surface area contributed by atoms with Crippen molar-refractivity contribution in [3.8, 4) is 0 Å². The number of aromatic nitrogens is 4. The van der Waals surface area contributed by atoms with Crippen LogP contribution in [0.25, 0.3) is 11.2 Å². The maximum Gasteiger partial charge on any atom is 0.329 e. The molecule has 2 heterocycles. The zero-order valence-corrected chi connectivity index (χ0v) is 19.9. The molecule has 13 heteroatoms. The molecule has 2 aromatic heterocycles. The Balaban J connectivity index is 1.49. The van der Waals surface area contributed by atoms with Crippen molar-refractivity contribution in [1.29, 1.82) is 0 Å². The van der Waals surface area contributed by atoms with Crippen molar-refractivity contribution >= 4 is 40.7 Å². The molecule has 1 amide bonds. The molecule has 2 aromatic carbocycles. The van der Waals surface area contributed by atoms with Crippen molar-refractivity contribution in [1.82, 2.24) is 24.5 Å². The summed E-state index contributed by atoms with van der Waals surface area (Å²) in [5, 5.41) is 15.0. The Morgan fingerprint density at radius 3 is 2.61 bits per heavy atom. The highest BCUT2D eigenvalue weighted by atomic mass is 32.2. The fourth-order valence-corrected chi connectivity index (χ4v) is 4.26. The van der Waals surface area contributed by atoms with Gasteiger partial charge in [0.05, 0.1) is 16.9 Å². The second-order valence-corrected chi connectivity index (χ2v) is 8.65. The van der Waals surface area contributed by atoms with E-state index >= 15 is 0 Å². The normalized spacial score (nSPS) is 11.2. The standard InChI is InChI=1S/C23H21N7O5S/c1-28-20-19(21(32)26-22(28)33)29(12-11-15-5-3-2-4-6-15)23(25-20)36-14-18(31)27-24-13-16-7-9-17(10-8-16)30(34)35/h2-10,13H,11-12,14H2,1H3,(H,27,31)(H,26,32,33)/b24-13+. The smallest absolute Gasteiger partial charge is 0.313 e. The number of rotatable bonds is 9. The van der Waals surface area contributed by atoms with Crippen LogP contribution in [0.5, 0.6) is 0 Å². The van der Waals surface area contributed by atoms with E-state index in [2.05, 4.69) is 20.5 Å². The number of nitro groups is 1. The lowest BCUT2D eigenvalue weighted by Gasteiger charge is -2.08. The number of H-pyrrole nitrogens is 1. The summed E-state index contributed by atoms with van der Waals surface area (Å²) in [6, 6.07) is 15.4. The highest BCUT2D eigenvalue weighted by Crippen LogP contribution is 2.22. The number of nitrogens with one attached hydrogen (secondary N) is 2. The summed E-state index contributed by atoms with van der Waals surface area (Å²) in [5.41, 5.74) is 3.37. The van der Waals surface area contributed by atoms with Gasteiger partial charge in [-0.1, -0.05) is 42.1 Å². The number of non-ortho nitro benzene ring substituents is 1. The third kappa shape index (κ3) is 5.58. The molecule has 0 aliphatic heterocycles. The molecule has 0 radical (unpaired) electrons. The lowest BCUT2D eigenvalue weighted by Crippen LogP contribution is -2.29. The van der Waals surface area contributed by atoms with Gasteiger partial charge in [0.1, 0.15) is 0 Å². The van der Waals surface area contributed by atoms with Gasteiger partial charge >= 0.3 is 5.69 Å². The van der Waals surface area contributed by atoms with Crippen LogP contribution in [0.3, 0.4) is 0 Å². The van der Waals surface area contributed by atoms with E-state index in [0.717, 1.165) is 17.3 Å². The summed E-state index contributed by atoms with van der Waals surface area (Å²) in [4.78, 5) is 54.0. The summed E-state index contributed by atoms with van der Waals surface area (Å²) >= 11 is 1.11. The number of aryl methyl sites for hydroxylation is 3. The number of thioether (sulfide) groups is 1. The van der Waals surface area contributed by atoms with Crippen LogP contribution in [0, 0.1) is 10.1 Å². The Labute approximate surface area is 207 Å². The van der Waals surface area contributed by atoms with Gasteiger partial charge in [0.15, 0.2) is 16.3 Å². The van der Waals surface area contributed by atoms with Crippen molar-refractivity contribution in [3.63, 3.8) is 0 Å². The van der Waals surface area contributed by atoms with Crippen LogP contribution in [0.2, 0.25) is 0 Å². The number of hydrogen-bond donors (Lipinski definition) is 2. The van der Waals surface area contributed by atoms with Gasteiger partial charge in [0.25, 0.3) is 17.2 Å². The summed E-state index contributed by atoms with van der Waals surface area (Å²) in [7, 11) is 1.52. The third-order valence-corrected chi connectivity index (χ3v) is 6.25. The molecular weight excluding hydrogens is 486 g/mol. The first kappa shape index (κ1) is 24.6. The molecule has 0 atom stereocenters. The number of nitro benzene ring substituents is 1. The van der Waals surface area contributed by atoms with E-state index < -0.39 is 22.1 Å². The number of fused-ring (bicyclic) bond motifs is 1. The van der Waals surface area contributed by atoms with Crippen molar-refractivity contribution in [2.45, 2.75) is 18.1 Å². The Morgan fingerprint density at radius 2 is 1.92 bits per heavy atom. The van der Waals surface area contributed by atoms with Crippen LogP contribution in [0.4, 0.5) is 5.69 Å². The highest BCUT2D eigenvalue weighted by molar-refractivity contribution is 7.99. The van der Waals surface area contributed by atoms with Crippen molar-refractivity contribution in [3.05, 3.63) is 96.7 Å². The molecule has 0 fully saturated rings. The average Bonchev–Trinajstić information content (AvgIpc) is 3.25. The Bertz CT molecular complexity index is 1560. The van der Waals surface area contributed by atoms with Crippen LogP contribution in [-0.4, -0.2) is 41.9 Å². The van der Waals surface area contributed by atoms with Gasteiger partial charge < -0.3 is 4.57 Å². The van der Waals surface area contributed by atoms with Gasteiger partial charge in [0, 0.05) is 25.7 Å². The van der Waals surface area contributed by atoms with Crippen LogP contribution >= 0.6 is 11.8 Å². The number of carbonyl (C=O) groups excluding carboxylic acids is 1. The predicted molar refractivity (Wildman–Crippen MR) is 135 cm³/mol. The molecule has 0 saturated heterocycles. The molecule has 4 rings (SSSR count). The van der Waals surface area contributed by atoms with E-state index in [0.29, 0.717) is 23.7 Å². The quantitative estimate of drug-likeness (QED) is 0.151. The van der Waals surface area contributed by atoms with E-state index in [1.165, 1.54) is 42.1 Å². The average molecular weight is 508 g/mol. The Hall–Kier alpha value is -4.52. The van der Waals surface area contributed by atoms with E-state index in [1.54, 1.807) is 4.57 Å². The number of hydrazone groups is 1. The van der Waals surface area contributed by atoms with E-state index in [1.807, 2.05) is 30.3 Å². The Kier molecular flexibility index (Phi) is 7.39. The molecule has 0 saturated carbocycles. The number of carbonyl (C=O) groups is 1. The number of benzene rings is 2. The van der Waals surface area contributed by atoms with Gasteiger partial charge in [-0.3, -0.25) is 29.3 Å². The summed E-state index contributed by atoms with van der Waals surface area (Å²) in [5.74, 6) is -0.458. The van der Waals surface area contributed by atoms with E-state index in [9.17, 15) is 24.5 Å². The monoisotopic (exact) mass is 507 g/mol. The van der Waals surface area contributed by atoms with Crippen LogP contribution < -0.4 is 16.7 Å². The number of hydrogen-bond acceptors (Lipinski definition) is 8. The number of nitrogens with zero attached hydrogens (tertiary/aromatic N) is 5. The van der Waals surface area contributed by atoms with E-state index in [4.69, 9.17) is 0 Å². The fraction of sp³-hybridized carbons (Fsp3) is 0.174. The minimum Gasteiger partial charge on any atom is -0.313 e. The first-order valence-corrected chi connectivity index (χ1v) is 11.7. The lowest BCUT2D eigenvalue weighted by molar-refractivity contribution is -0.384. The molecule has 0 spiro atoms. The second kappa shape index (κ2) is 10.8. The van der Waals surface area contributed by atoms with Crippen molar-refractivity contribution < 1.29 is 9.72 Å². The molecule has 4 aromatic rings. The summed E-state index contributed by atoms with van der Waals surface area (Å²) < 4.78 is 2.97. The summed E-state index contributed by atoms with van der Waals surface area (Å²) in [6.07, 6.45) is 1.99. The minimum atomic E-state index is -0.574. The predicted octanol–water partition coefficient (Wildman–Crippen LogP) is 1.82. The van der Waals surface area contributed by atoms with E-state index in [-0.39, 0.29) is 22.6 Å². The molecule has 0 bridgehead atoms.